The minimum atomic E-state index is -0.557. The van der Waals surface area contributed by atoms with Crippen LogP contribution in [0.5, 0.6) is 0 Å². The summed E-state index contributed by atoms with van der Waals surface area (Å²) >= 11 is 0. The average molecular weight is 418 g/mol. The Hall–Kier alpha value is -3.94. The van der Waals surface area contributed by atoms with Crippen molar-refractivity contribution in [2.45, 2.75) is 27.7 Å². The SMILES string of the molecule is Cc1cc(-n2c(C)cc(C(=O)COC(=O)c3ccc(-n4nccc4C)cc3)c2C)no1. The van der Waals surface area contributed by atoms with Gasteiger partial charge in [-0.25, -0.2) is 9.48 Å². The van der Waals surface area contributed by atoms with Crippen LogP contribution in [0.4, 0.5) is 0 Å². The fourth-order valence-electron chi connectivity index (χ4n) is 3.53. The molecule has 0 unspecified atom stereocenters. The lowest BCUT2D eigenvalue weighted by atomic mass is 10.1. The number of Topliss-reactive ketones (excluding diaryl/α,β-unsaturated/α-hetero) is 1. The topological polar surface area (TPSA) is 92.2 Å². The Morgan fingerprint density at radius 3 is 2.35 bits per heavy atom. The summed E-state index contributed by atoms with van der Waals surface area (Å²) in [5, 5.41) is 8.25. The molecule has 0 saturated heterocycles. The van der Waals surface area contributed by atoms with Gasteiger partial charge in [0.05, 0.1) is 11.3 Å². The summed E-state index contributed by atoms with van der Waals surface area (Å²) in [7, 11) is 0. The van der Waals surface area contributed by atoms with E-state index < -0.39 is 5.97 Å². The number of aromatic nitrogens is 4. The first-order valence-electron chi connectivity index (χ1n) is 9.79. The Balaban J connectivity index is 1.44. The van der Waals surface area contributed by atoms with E-state index in [9.17, 15) is 9.59 Å². The standard InChI is InChI=1S/C23H22N4O4/c1-14-9-10-24-27(14)19-7-5-18(6-8-19)23(29)30-13-21(28)20-11-15(2)26(17(20)4)22-12-16(3)31-25-22/h5-12H,13H2,1-4H3. The Morgan fingerprint density at radius 2 is 1.74 bits per heavy atom. The number of nitrogens with zero attached hydrogens (tertiary/aromatic N) is 4. The van der Waals surface area contributed by atoms with E-state index in [0.29, 0.717) is 28.4 Å². The molecule has 0 bridgehead atoms. The Labute approximate surface area is 179 Å². The van der Waals surface area contributed by atoms with Crippen molar-refractivity contribution in [1.82, 2.24) is 19.5 Å². The van der Waals surface area contributed by atoms with Crippen LogP contribution in [0.25, 0.3) is 11.5 Å². The van der Waals surface area contributed by atoms with Crippen LogP contribution >= 0.6 is 0 Å². The molecular formula is C23H22N4O4. The molecule has 0 spiro atoms. The van der Waals surface area contributed by atoms with Crippen molar-refractivity contribution >= 4 is 11.8 Å². The highest BCUT2D eigenvalue weighted by Gasteiger charge is 2.20. The molecule has 0 aliphatic rings. The van der Waals surface area contributed by atoms with Crippen molar-refractivity contribution in [3.63, 3.8) is 0 Å². The van der Waals surface area contributed by atoms with Crippen LogP contribution in [0, 0.1) is 27.7 Å². The molecule has 8 nitrogen and oxygen atoms in total. The van der Waals surface area contributed by atoms with Crippen LogP contribution in [-0.4, -0.2) is 37.9 Å². The van der Waals surface area contributed by atoms with Crippen molar-refractivity contribution in [2.24, 2.45) is 0 Å². The number of carbonyl (C=O) groups is 2. The number of ketones is 1. The number of aryl methyl sites for hydroxylation is 3. The Bertz CT molecular complexity index is 1260. The van der Waals surface area contributed by atoms with Crippen LogP contribution in [0.3, 0.4) is 0 Å². The molecule has 158 valence electrons. The summed E-state index contributed by atoms with van der Waals surface area (Å²) in [4.78, 5) is 25.1. The normalized spacial score (nSPS) is 11.0. The predicted octanol–water partition coefficient (Wildman–Crippen LogP) is 3.92. The smallest absolute Gasteiger partial charge is 0.338 e. The van der Waals surface area contributed by atoms with Gasteiger partial charge in [0.1, 0.15) is 5.76 Å². The summed E-state index contributed by atoms with van der Waals surface area (Å²) in [5.41, 5.74) is 4.22. The number of rotatable bonds is 6. The molecule has 4 rings (SSSR count). The first kappa shape index (κ1) is 20.3. The first-order chi connectivity index (χ1) is 14.8. The molecule has 1 aromatic carbocycles. The van der Waals surface area contributed by atoms with E-state index >= 15 is 0 Å². The molecule has 0 saturated carbocycles. The zero-order valence-electron chi connectivity index (χ0n) is 17.7. The molecular weight excluding hydrogens is 396 g/mol. The van der Waals surface area contributed by atoms with E-state index in [1.807, 2.05) is 31.4 Å². The maximum atomic E-state index is 12.7. The first-order valence-corrected chi connectivity index (χ1v) is 9.79. The van der Waals surface area contributed by atoms with Gasteiger partial charge in [-0.15, -0.1) is 0 Å². The van der Waals surface area contributed by atoms with E-state index in [2.05, 4.69) is 10.3 Å². The molecule has 0 fully saturated rings. The third-order valence-electron chi connectivity index (χ3n) is 5.09. The lowest BCUT2D eigenvalue weighted by Gasteiger charge is -2.07. The van der Waals surface area contributed by atoms with Gasteiger partial charge in [-0.1, -0.05) is 5.16 Å². The fourth-order valence-corrected chi connectivity index (χ4v) is 3.53. The highest BCUT2D eigenvalue weighted by Crippen LogP contribution is 2.21. The molecule has 3 aromatic heterocycles. The van der Waals surface area contributed by atoms with Crippen LogP contribution in [0.15, 0.2) is 53.2 Å². The molecule has 0 radical (unpaired) electrons. The van der Waals surface area contributed by atoms with E-state index in [1.54, 1.807) is 54.2 Å². The number of carbonyl (C=O) groups excluding carboxylic acids is 2. The van der Waals surface area contributed by atoms with Gasteiger partial charge in [0.25, 0.3) is 0 Å². The molecule has 4 aromatic rings. The highest BCUT2D eigenvalue weighted by atomic mass is 16.5. The number of esters is 1. The Kier molecular flexibility index (Phi) is 5.29. The van der Waals surface area contributed by atoms with Crippen molar-refractivity contribution in [3.8, 4) is 11.5 Å². The molecule has 8 heteroatoms. The number of hydrogen-bond donors (Lipinski definition) is 0. The minimum absolute atomic E-state index is 0.281. The van der Waals surface area contributed by atoms with Gasteiger partial charge in [-0.2, -0.15) is 5.10 Å². The molecule has 31 heavy (non-hydrogen) atoms. The van der Waals surface area contributed by atoms with E-state index in [1.165, 1.54) is 0 Å². The lowest BCUT2D eigenvalue weighted by molar-refractivity contribution is 0.0474. The van der Waals surface area contributed by atoms with Gasteiger partial charge in [0.15, 0.2) is 12.4 Å². The van der Waals surface area contributed by atoms with Crippen molar-refractivity contribution in [2.75, 3.05) is 6.61 Å². The second kappa shape index (κ2) is 8.06. The van der Waals surface area contributed by atoms with Crippen molar-refractivity contribution in [1.29, 1.82) is 0 Å². The molecule has 0 atom stereocenters. The van der Waals surface area contributed by atoms with E-state index in [-0.39, 0.29) is 12.4 Å². The maximum absolute atomic E-state index is 12.7. The molecule has 0 amide bonds. The summed E-state index contributed by atoms with van der Waals surface area (Å²) in [5.74, 6) is 0.448. The molecule has 0 aliphatic carbocycles. The summed E-state index contributed by atoms with van der Waals surface area (Å²) in [6, 6.07) is 12.3. The average Bonchev–Trinajstić information content (AvgIpc) is 3.45. The van der Waals surface area contributed by atoms with Gasteiger partial charge in [-0.3, -0.25) is 9.36 Å². The number of hydrogen-bond acceptors (Lipinski definition) is 6. The van der Waals surface area contributed by atoms with Crippen LogP contribution in [0.2, 0.25) is 0 Å². The Morgan fingerprint density at radius 1 is 1.00 bits per heavy atom. The van der Waals surface area contributed by atoms with Gasteiger partial charge in [0.2, 0.25) is 5.78 Å². The highest BCUT2D eigenvalue weighted by molar-refractivity contribution is 6.00. The van der Waals surface area contributed by atoms with Crippen LogP contribution < -0.4 is 0 Å². The summed E-state index contributed by atoms with van der Waals surface area (Å²) < 4.78 is 14.0. The van der Waals surface area contributed by atoms with Crippen LogP contribution in [0.1, 0.15) is 43.6 Å². The van der Waals surface area contributed by atoms with Gasteiger partial charge in [-0.05, 0) is 64.1 Å². The molecule has 3 heterocycles. The van der Waals surface area contributed by atoms with Crippen LogP contribution in [-0.2, 0) is 4.74 Å². The monoisotopic (exact) mass is 418 g/mol. The zero-order valence-corrected chi connectivity index (χ0v) is 17.7. The zero-order chi connectivity index (χ0) is 22.1. The van der Waals surface area contributed by atoms with Gasteiger partial charge < -0.3 is 9.26 Å². The van der Waals surface area contributed by atoms with Gasteiger partial charge in [0, 0.05) is 34.9 Å². The van der Waals surface area contributed by atoms with Gasteiger partial charge >= 0.3 is 5.97 Å². The lowest BCUT2D eigenvalue weighted by Crippen LogP contribution is -2.15. The molecule has 0 N–H and O–H groups in total. The fraction of sp³-hybridized carbons (Fsp3) is 0.217. The van der Waals surface area contributed by atoms with E-state index in [4.69, 9.17) is 9.26 Å². The number of benzene rings is 1. The summed E-state index contributed by atoms with van der Waals surface area (Å²) in [6.07, 6.45) is 1.71. The summed E-state index contributed by atoms with van der Waals surface area (Å²) in [6.45, 7) is 7.10. The second-order valence-corrected chi connectivity index (χ2v) is 7.35. The predicted molar refractivity (Wildman–Crippen MR) is 113 cm³/mol. The largest absolute Gasteiger partial charge is 0.454 e. The van der Waals surface area contributed by atoms with Crippen molar-refractivity contribution in [3.05, 3.63) is 82.6 Å². The minimum Gasteiger partial charge on any atom is -0.454 e. The quantitative estimate of drug-likeness (QED) is 0.348. The number of ether oxygens (including phenoxy) is 1. The van der Waals surface area contributed by atoms with Crippen molar-refractivity contribution < 1.29 is 18.8 Å². The van der Waals surface area contributed by atoms with E-state index in [0.717, 1.165) is 17.1 Å². The molecule has 0 aliphatic heterocycles. The maximum Gasteiger partial charge on any atom is 0.338 e. The second-order valence-electron chi connectivity index (χ2n) is 7.35. The third-order valence-corrected chi connectivity index (χ3v) is 5.09. The third kappa shape index (κ3) is 3.92.